The summed E-state index contributed by atoms with van der Waals surface area (Å²) in [6.07, 6.45) is 0.283. The maximum atomic E-state index is 13.6. The van der Waals surface area contributed by atoms with E-state index in [0.29, 0.717) is 18.5 Å². The van der Waals surface area contributed by atoms with Gasteiger partial charge in [0.2, 0.25) is 17.7 Å². The molecule has 7 heteroatoms. The summed E-state index contributed by atoms with van der Waals surface area (Å²) >= 11 is 0. The lowest BCUT2D eigenvalue weighted by Gasteiger charge is -2.31. The highest BCUT2D eigenvalue weighted by Crippen LogP contribution is 2.28. The van der Waals surface area contributed by atoms with Gasteiger partial charge in [0.1, 0.15) is 6.04 Å². The van der Waals surface area contributed by atoms with Crippen LogP contribution in [0.1, 0.15) is 43.9 Å². The van der Waals surface area contributed by atoms with Crippen LogP contribution in [0.5, 0.6) is 0 Å². The van der Waals surface area contributed by atoms with Crippen LogP contribution in [0.4, 0.5) is 0 Å². The number of likely N-dealkylation sites (N-methyl/N-ethyl adjacent to an activating group) is 1. The molecule has 0 fully saturated rings. The zero-order chi connectivity index (χ0) is 26.8. The molecule has 0 aliphatic heterocycles. The average molecular weight is 502 g/mol. The van der Waals surface area contributed by atoms with Gasteiger partial charge in [-0.1, -0.05) is 98.8 Å². The van der Waals surface area contributed by atoms with E-state index in [4.69, 9.17) is 5.21 Å². The van der Waals surface area contributed by atoms with Gasteiger partial charge in [0.25, 0.3) is 0 Å². The van der Waals surface area contributed by atoms with Gasteiger partial charge in [-0.15, -0.1) is 0 Å². The molecule has 0 unspecified atom stereocenters. The van der Waals surface area contributed by atoms with Crippen LogP contribution in [0.2, 0.25) is 0 Å². The van der Waals surface area contributed by atoms with Gasteiger partial charge in [-0.2, -0.15) is 0 Å². The number of nitrogens with one attached hydrogen (secondary N) is 2. The second-order valence-corrected chi connectivity index (χ2v) is 9.61. The Labute approximate surface area is 218 Å². The Hall–Kier alpha value is -3.97. The van der Waals surface area contributed by atoms with Gasteiger partial charge >= 0.3 is 0 Å². The minimum atomic E-state index is -0.895. The molecule has 37 heavy (non-hydrogen) atoms. The number of benzene rings is 3. The van der Waals surface area contributed by atoms with Crippen molar-refractivity contribution in [2.75, 3.05) is 7.05 Å². The number of hydroxylamine groups is 1. The van der Waals surface area contributed by atoms with Crippen LogP contribution in [0.3, 0.4) is 0 Å². The summed E-state index contributed by atoms with van der Waals surface area (Å²) in [6.45, 7) is 4.25. The van der Waals surface area contributed by atoms with Crippen LogP contribution in [-0.2, 0) is 20.9 Å². The molecular weight excluding hydrogens is 466 g/mol. The topological polar surface area (TPSA) is 98.7 Å². The van der Waals surface area contributed by atoms with E-state index in [0.717, 1.165) is 16.7 Å². The van der Waals surface area contributed by atoms with Gasteiger partial charge in [0.15, 0.2) is 0 Å². The Morgan fingerprint density at radius 1 is 0.838 bits per heavy atom. The largest absolute Gasteiger partial charge is 0.350 e. The summed E-state index contributed by atoms with van der Waals surface area (Å²) in [6, 6.07) is 26.2. The maximum Gasteiger partial charge on any atom is 0.247 e. The predicted molar refractivity (Wildman–Crippen MR) is 143 cm³/mol. The summed E-state index contributed by atoms with van der Waals surface area (Å²) in [5.74, 6) is -1.81. The minimum absolute atomic E-state index is 0.143. The minimum Gasteiger partial charge on any atom is -0.350 e. The van der Waals surface area contributed by atoms with Gasteiger partial charge in [-0.25, -0.2) is 5.48 Å². The Morgan fingerprint density at radius 3 is 1.97 bits per heavy atom. The normalized spacial score (nSPS) is 12.5. The van der Waals surface area contributed by atoms with E-state index in [9.17, 15) is 14.4 Å². The number of carbonyl (C=O) groups excluding carboxylic acids is 3. The molecular formula is C30H35N3O4. The molecule has 0 aromatic heterocycles. The molecule has 0 radical (unpaired) electrons. The van der Waals surface area contributed by atoms with Crippen LogP contribution in [0.25, 0.3) is 11.1 Å². The molecule has 3 rings (SSSR count). The molecule has 3 N–H and O–H groups in total. The molecule has 0 aliphatic rings. The number of rotatable bonds is 11. The lowest BCUT2D eigenvalue weighted by atomic mass is 9.91. The van der Waals surface area contributed by atoms with Crippen molar-refractivity contribution in [1.29, 1.82) is 0 Å². The highest BCUT2D eigenvalue weighted by atomic mass is 16.5. The molecule has 3 aromatic carbocycles. The summed E-state index contributed by atoms with van der Waals surface area (Å²) in [5, 5.41) is 12.0. The van der Waals surface area contributed by atoms with Gasteiger partial charge in [-0.05, 0) is 34.6 Å². The third-order valence-electron chi connectivity index (χ3n) is 6.29. The number of amides is 3. The van der Waals surface area contributed by atoms with Gasteiger partial charge in [0, 0.05) is 25.9 Å². The van der Waals surface area contributed by atoms with Crippen molar-refractivity contribution in [3.05, 3.63) is 96.1 Å². The van der Waals surface area contributed by atoms with Crippen LogP contribution in [0, 0.1) is 11.8 Å². The van der Waals surface area contributed by atoms with Crippen LogP contribution < -0.4 is 10.8 Å². The van der Waals surface area contributed by atoms with Gasteiger partial charge in [-0.3, -0.25) is 19.6 Å². The van der Waals surface area contributed by atoms with E-state index in [1.54, 1.807) is 12.5 Å². The zero-order valence-corrected chi connectivity index (χ0v) is 21.6. The van der Waals surface area contributed by atoms with Gasteiger partial charge < -0.3 is 10.2 Å². The smallest absolute Gasteiger partial charge is 0.247 e. The van der Waals surface area contributed by atoms with Crippen LogP contribution in [-0.4, -0.2) is 34.9 Å². The van der Waals surface area contributed by atoms with Crippen molar-refractivity contribution >= 4 is 17.7 Å². The highest BCUT2D eigenvalue weighted by molar-refractivity contribution is 5.91. The summed E-state index contributed by atoms with van der Waals surface area (Å²) < 4.78 is 0. The number of nitrogens with zero attached hydrogens (tertiary/aromatic N) is 1. The van der Waals surface area contributed by atoms with E-state index in [-0.39, 0.29) is 24.2 Å². The second kappa shape index (κ2) is 13.4. The van der Waals surface area contributed by atoms with E-state index in [1.807, 2.05) is 98.8 Å². The molecule has 194 valence electrons. The van der Waals surface area contributed by atoms with Crippen molar-refractivity contribution in [3.63, 3.8) is 0 Å². The quantitative estimate of drug-likeness (QED) is 0.261. The van der Waals surface area contributed by atoms with E-state index < -0.39 is 17.9 Å². The van der Waals surface area contributed by atoms with Crippen molar-refractivity contribution < 1.29 is 19.6 Å². The first-order valence-corrected chi connectivity index (χ1v) is 12.5. The highest BCUT2D eigenvalue weighted by Gasteiger charge is 2.33. The average Bonchev–Trinajstić information content (AvgIpc) is 2.92. The van der Waals surface area contributed by atoms with Crippen LogP contribution >= 0.6 is 0 Å². The number of hydrogen-bond donors (Lipinski definition) is 3. The Balaban J connectivity index is 1.90. The van der Waals surface area contributed by atoms with Crippen molar-refractivity contribution in [2.45, 2.75) is 39.3 Å². The second-order valence-electron chi connectivity index (χ2n) is 9.61. The van der Waals surface area contributed by atoms with E-state index >= 15 is 0 Å². The predicted octanol–water partition coefficient (Wildman–Crippen LogP) is 4.73. The fraction of sp³-hybridized carbons (Fsp3) is 0.300. The fourth-order valence-electron chi connectivity index (χ4n) is 4.45. The molecule has 0 spiro atoms. The molecule has 2 atom stereocenters. The molecule has 3 amide bonds. The maximum absolute atomic E-state index is 13.6. The van der Waals surface area contributed by atoms with Crippen LogP contribution in [0.15, 0.2) is 84.9 Å². The first-order chi connectivity index (χ1) is 17.8. The lowest BCUT2D eigenvalue weighted by molar-refractivity contribution is -0.145. The number of hydrogen-bond acceptors (Lipinski definition) is 4. The fourth-order valence-corrected chi connectivity index (χ4v) is 4.45. The molecule has 0 aliphatic carbocycles. The number of carbonyl (C=O) groups is 3. The Kier molecular flexibility index (Phi) is 9.98. The summed E-state index contributed by atoms with van der Waals surface area (Å²) in [7, 11) is 1.59. The molecule has 0 heterocycles. The lowest BCUT2D eigenvalue weighted by Crippen LogP contribution is -2.44. The third-order valence-corrected chi connectivity index (χ3v) is 6.29. The summed E-state index contributed by atoms with van der Waals surface area (Å²) in [4.78, 5) is 40.5. The molecule has 0 bridgehead atoms. The Morgan fingerprint density at radius 2 is 1.41 bits per heavy atom. The Bertz CT molecular complexity index is 1160. The zero-order valence-electron chi connectivity index (χ0n) is 21.6. The van der Waals surface area contributed by atoms with Gasteiger partial charge in [0.05, 0.1) is 0 Å². The SMILES string of the molecule is CC(C)C[C@H](CC(=O)NO)C(=O)N(C)[C@@H](C(=O)NCc1ccccc1)c1ccc(-c2ccccc2)cc1. The van der Waals surface area contributed by atoms with E-state index in [1.165, 1.54) is 4.90 Å². The monoisotopic (exact) mass is 501 g/mol. The molecule has 3 aromatic rings. The van der Waals surface area contributed by atoms with E-state index in [2.05, 4.69) is 5.32 Å². The molecule has 7 nitrogen and oxygen atoms in total. The summed E-state index contributed by atoms with van der Waals surface area (Å²) in [5.41, 5.74) is 5.28. The first kappa shape index (κ1) is 27.6. The van der Waals surface area contributed by atoms with Crippen molar-refractivity contribution in [3.8, 4) is 11.1 Å². The first-order valence-electron chi connectivity index (χ1n) is 12.5. The standard InChI is InChI=1S/C30H35N3O4/c1-21(2)18-26(19-27(34)32-37)30(36)33(3)28(29(35)31-20-22-10-6-4-7-11-22)25-16-14-24(15-17-25)23-12-8-5-9-13-23/h4-17,21,26,28,37H,18-20H2,1-3H3,(H,31,35)(H,32,34)/t26-,28-/m1/s1. The molecule has 0 saturated heterocycles. The molecule has 0 saturated carbocycles. The van der Waals surface area contributed by atoms with Crippen molar-refractivity contribution in [2.24, 2.45) is 11.8 Å². The van der Waals surface area contributed by atoms with Crippen molar-refractivity contribution in [1.82, 2.24) is 15.7 Å². The third kappa shape index (κ3) is 7.75.